The van der Waals surface area contributed by atoms with Gasteiger partial charge in [0.25, 0.3) is 0 Å². The summed E-state index contributed by atoms with van der Waals surface area (Å²) in [5.41, 5.74) is -0.864. The number of thiophene rings is 1. The average molecular weight is 343 g/mol. The van der Waals surface area contributed by atoms with Crippen LogP contribution in [0.25, 0.3) is 0 Å². The highest BCUT2D eigenvalue weighted by molar-refractivity contribution is 7.90. The van der Waals surface area contributed by atoms with Crippen LogP contribution in [0.15, 0.2) is 11.4 Å². The van der Waals surface area contributed by atoms with Crippen molar-refractivity contribution in [1.29, 1.82) is 0 Å². The summed E-state index contributed by atoms with van der Waals surface area (Å²) in [4.78, 5) is 11.2. The molecule has 0 bridgehead atoms. The molecule has 1 aliphatic rings. The Hall–Kier alpha value is -1.13. The number of hydrogen-bond donors (Lipinski definition) is 2. The largest absolute Gasteiger partial charge is 0.480 e. The van der Waals surface area contributed by atoms with Crippen LogP contribution in [0.5, 0.6) is 0 Å². The Morgan fingerprint density at radius 3 is 2.52 bits per heavy atom. The Bertz CT molecular complexity index is 634. The molecule has 1 fully saturated rings. The van der Waals surface area contributed by atoms with Crippen LogP contribution in [-0.4, -0.2) is 30.8 Å². The minimum Gasteiger partial charge on any atom is -0.480 e. The van der Waals surface area contributed by atoms with Crippen molar-refractivity contribution < 1.29 is 31.5 Å². The molecule has 1 aromatic heterocycles. The topological polar surface area (TPSA) is 83.5 Å². The van der Waals surface area contributed by atoms with Gasteiger partial charge < -0.3 is 5.11 Å². The number of carboxylic acids is 1. The highest BCUT2D eigenvalue weighted by Crippen LogP contribution is 2.33. The maximum Gasteiger partial charge on any atom is 0.417 e. The first kappa shape index (κ1) is 16.2. The Kier molecular flexibility index (Phi) is 4.31. The minimum absolute atomic E-state index is 0.160. The van der Waals surface area contributed by atoms with Crippen molar-refractivity contribution in [2.45, 2.75) is 36.7 Å². The summed E-state index contributed by atoms with van der Waals surface area (Å²) in [6.45, 7) is 0. The summed E-state index contributed by atoms with van der Waals surface area (Å²) in [5.74, 6) is -1.42. The number of alkyl halides is 3. The van der Waals surface area contributed by atoms with Gasteiger partial charge in [0.05, 0.1) is 10.8 Å². The number of carboxylic acid groups (broad SMARTS) is 1. The fraction of sp³-hybridized carbons (Fsp3) is 0.545. The summed E-state index contributed by atoms with van der Waals surface area (Å²) in [5, 5.41) is 9.31. The summed E-state index contributed by atoms with van der Waals surface area (Å²) in [6, 6.07) is -0.623. The first-order chi connectivity index (χ1) is 9.59. The van der Waals surface area contributed by atoms with Crippen LogP contribution in [0.3, 0.4) is 0 Å². The number of sulfonamides is 1. The lowest BCUT2D eigenvalue weighted by atomic mass is 10.2. The molecular weight excluding hydrogens is 331 g/mol. The van der Waals surface area contributed by atoms with E-state index in [0.29, 0.717) is 12.8 Å². The molecule has 0 aromatic carbocycles. The molecule has 0 amide bonds. The number of hydrogen-bond acceptors (Lipinski definition) is 4. The van der Waals surface area contributed by atoms with Gasteiger partial charge in [0.15, 0.2) is 0 Å². The molecule has 1 heterocycles. The van der Waals surface area contributed by atoms with Gasteiger partial charge in [-0.15, -0.1) is 11.3 Å². The van der Waals surface area contributed by atoms with E-state index in [1.54, 1.807) is 0 Å². The first-order valence-corrected chi connectivity index (χ1v) is 8.41. The molecule has 1 saturated carbocycles. The van der Waals surface area contributed by atoms with Crippen molar-refractivity contribution in [3.63, 3.8) is 0 Å². The second-order valence-electron chi connectivity index (χ2n) is 4.76. The number of nitrogens with one attached hydrogen (secondary N) is 1. The third kappa shape index (κ3) is 4.17. The van der Waals surface area contributed by atoms with E-state index in [1.165, 1.54) is 0 Å². The van der Waals surface area contributed by atoms with Gasteiger partial charge in [-0.25, -0.2) is 13.1 Å². The SMILES string of the molecule is O=C(O)C(Cc1cc(C(F)(F)F)cs1)NS(=O)(=O)C1CC1. The van der Waals surface area contributed by atoms with Gasteiger partial charge in [0.2, 0.25) is 10.0 Å². The predicted molar refractivity (Wildman–Crippen MR) is 69.5 cm³/mol. The van der Waals surface area contributed by atoms with Crippen molar-refractivity contribution >= 4 is 27.3 Å². The molecule has 0 radical (unpaired) electrons. The molecule has 1 aliphatic carbocycles. The summed E-state index contributed by atoms with van der Waals surface area (Å²) in [6.07, 6.45) is -3.87. The average Bonchev–Trinajstić information content (AvgIpc) is 3.08. The van der Waals surface area contributed by atoms with Crippen LogP contribution < -0.4 is 4.72 Å². The lowest BCUT2D eigenvalue weighted by Crippen LogP contribution is -2.43. The number of carbonyl (C=O) groups is 1. The van der Waals surface area contributed by atoms with Gasteiger partial charge in [-0.05, 0) is 18.9 Å². The zero-order valence-corrected chi connectivity index (χ0v) is 12.2. The summed E-state index contributed by atoms with van der Waals surface area (Å²) < 4.78 is 62.9. The zero-order chi connectivity index (χ0) is 15.8. The number of aliphatic carboxylic acids is 1. The van der Waals surface area contributed by atoms with Crippen LogP contribution in [0, 0.1) is 0 Å². The van der Waals surface area contributed by atoms with Crippen LogP contribution in [0.2, 0.25) is 0 Å². The maximum atomic E-state index is 12.5. The van der Waals surface area contributed by atoms with Crippen LogP contribution in [-0.2, 0) is 27.4 Å². The smallest absolute Gasteiger partial charge is 0.417 e. The molecule has 0 saturated heterocycles. The molecule has 5 nitrogen and oxygen atoms in total. The third-order valence-corrected chi connectivity index (χ3v) is 5.88. The fourth-order valence-corrected chi connectivity index (χ4v) is 4.16. The molecule has 2 N–H and O–H groups in total. The van der Waals surface area contributed by atoms with Crippen molar-refractivity contribution in [3.05, 3.63) is 21.9 Å². The first-order valence-electron chi connectivity index (χ1n) is 5.98. The third-order valence-electron chi connectivity index (χ3n) is 2.95. The molecule has 1 aromatic rings. The van der Waals surface area contributed by atoms with E-state index in [2.05, 4.69) is 0 Å². The highest BCUT2D eigenvalue weighted by Gasteiger charge is 2.39. The monoisotopic (exact) mass is 343 g/mol. The van der Waals surface area contributed by atoms with Crippen LogP contribution in [0.4, 0.5) is 13.2 Å². The van der Waals surface area contributed by atoms with Crippen molar-refractivity contribution in [2.75, 3.05) is 0 Å². The summed E-state index contributed by atoms with van der Waals surface area (Å²) >= 11 is 0.754. The maximum absolute atomic E-state index is 12.5. The van der Waals surface area contributed by atoms with E-state index in [0.717, 1.165) is 22.8 Å². The van der Waals surface area contributed by atoms with Crippen LogP contribution in [0.1, 0.15) is 23.3 Å². The van der Waals surface area contributed by atoms with Gasteiger partial charge >= 0.3 is 12.1 Å². The van der Waals surface area contributed by atoms with E-state index < -0.39 is 39.0 Å². The molecule has 10 heteroatoms. The molecule has 21 heavy (non-hydrogen) atoms. The second kappa shape index (κ2) is 5.58. The van der Waals surface area contributed by atoms with E-state index >= 15 is 0 Å². The van der Waals surface area contributed by atoms with Gasteiger partial charge in [-0.1, -0.05) is 0 Å². The molecule has 1 atom stereocenters. The normalized spacial score (nSPS) is 17.7. The molecule has 2 rings (SSSR count). The molecule has 0 spiro atoms. The van der Waals surface area contributed by atoms with Gasteiger partial charge in [-0.2, -0.15) is 13.2 Å². The minimum atomic E-state index is -4.50. The van der Waals surface area contributed by atoms with Gasteiger partial charge in [0, 0.05) is 16.7 Å². The molecule has 0 aliphatic heterocycles. The van der Waals surface area contributed by atoms with E-state index in [9.17, 15) is 26.4 Å². The fourth-order valence-electron chi connectivity index (χ4n) is 1.69. The molecule has 118 valence electrons. The predicted octanol–water partition coefficient (Wildman–Crippen LogP) is 1.84. The van der Waals surface area contributed by atoms with Gasteiger partial charge in [0.1, 0.15) is 6.04 Å². The Balaban J connectivity index is 2.10. The Morgan fingerprint density at radius 1 is 1.48 bits per heavy atom. The van der Waals surface area contributed by atoms with Crippen molar-refractivity contribution in [2.24, 2.45) is 0 Å². The standard InChI is InChI=1S/C11H12F3NO4S2/c12-11(13,14)6-3-7(20-5-6)4-9(10(16)17)15-21(18,19)8-1-2-8/h3,5,8-9,15H,1-2,4H2,(H,16,17). The lowest BCUT2D eigenvalue weighted by Gasteiger charge is -2.13. The number of rotatable bonds is 6. The van der Waals surface area contributed by atoms with E-state index in [4.69, 9.17) is 5.11 Å². The Labute approximate surface area is 122 Å². The summed E-state index contributed by atoms with van der Waals surface area (Å²) in [7, 11) is -3.72. The van der Waals surface area contributed by atoms with Crippen molar-refractivity contribution in [1.82, 2.24) is 4.72 Å². The lowest BCUT2D eigenvalue weighted by molar-refractivity contribution is -0.139. The molecular formula is C11H12F3NO4S2. The molecule has 1 unspecified atom stereocenters. The van der Waals surface area contributed by atoms with Crippen molar-refractivity contribution in [3.8, 4) is 0 Å². The quantitative estimate of drug-likeness (QED) is 0.826. The number of halogens is 3. The second-order valence-corrected chi connectivity index (χ2v) is 7.74. The van der Waals surface area contributed by atoms with E-state index in [-0.39, 0.29) is 11.3 Å². The Morgan fingerprint density at radius 2 is 2.10 bits per heavy atom. The zero-order valence-electron chi connectivity index (χ0n) is 10.6. The highest BCUT2D eigenvalue weighted by atomic mass is 32.2. The van der Waals surface area contributed by atoms with Crippen LogP contribution >= 0.6 is 11.3 Å². The van der Waals surface area contributed by atoms with E-state index in [1.807, 2.05) is 4.72 Å². The van der Waals surface area contributed by atoms with Gasteiger partial charge in [-0.3, -0.25) is 4.79 Å².